The maximum Gasteiger partial charge on any atom is 0.178 e. The van der Waals surface area contributed by atoms with E-state index in [-0.39, 0.29) is 0 Å². The Morgan fingerprint density at radius 1 is 0.405 bits per heavy atom. The zero-order valence-corrected chi connectivity index (χ0v) is 30.2. The van der Waals surface area contributed by atoms with Crippen molar-refractivity contribution in [3.05, 3.63) is 0 Å². The molecule has 0 heterocycles. The summed E-state index contributed by atoms with van der Waals surface area (Å²) in [6.45, 7) is 14.3. The molecule has 37 heavy (non-hydrogen) atoms. The van der Waals surface area contributed by atoms with Gasteiger partial charge in [0.15, 0.2) is 16.6 Å². The predicted molar refractivity (Wildman–Crippen MR) is 184 cm³/mol. The maximum atomic E-state index is 6.89. The van der Waals surface area contributed by atoms with Crippen LogP contribution in [0.25, 0.3) is 0 Å². The van der Waals surface area contributed by atoms with E-state index in [0.29, 0.717) is 0 Å². The quantitative estimate of drug-likeness (QED) is 0.0608. The smallest absolute Gasteiger partial charge is 0.178 e. The number of unbranched alkanes of at least 4 members (excludes halogenated alkanes) is 18. The van der Waals surface area contributed by atoms with E-state index >= 15 is 0 Å². The highest BCUT2D eigenvalue weighted by Crippen LogP contribution is 2.27. The summed E-state index contributed by atoms with van der Waals surface area (Å²) in [6, 6.07) is 2.72. The average molecular weight is 591 g/mol. The van der Waals surface area contributed by atoms with Crippen molar-refractivity contribution in [2.75, 3.05) is 23.0 Å². The Balaban J connectivity index is 3.79. The molecule has 0 aliphatic carbocycles. The van der Waals surface area contributed by atoms with Crippen LogP contribution in [0.15, 0.2) is 0 Å². The Morgan fingerprint density at radius 2 is 0.703 bits per heavy atom. The van der Waals surface area contributed by atoms with Gasteiger partial charge >= 0.3 is 0 Å². The van der Waals surface area contributed by atoms with Crippen molar-refractivity contribution in [2.45, 2.75) is 181 Å². The molecule has 5 heteroatoms. The van der Waals surface area contributed by atoms with Gasteiger partial charge < -0.3 is 4.12 Å². The summed E-state index contributed by atoms with van der Waals surface area (Å²) in [5, 5.41) is 0. The minimum Gasteiger partial charge on any atom is -0.455 e. The lowest BCUT2D eigenvalue weighted by Gasteiger charge is -2.34. The van der Waals surface area contributed by atoms with Crippen molar-refractivity contribution in [2.24, 2.45) is 0 Å². The summed E-state index contributed by atoms with van der Waals surface area (Å²) in [5.41, 5.74) is 0. The summed E-state index contributed by atoms with van der Waals surface area (Å²) in [6.07, 6.45) is 28.8. The molecule has 0 bridgehead atoms. The number of thioether (sulfide) groups is 2. The molecule has 0 N–H and O–H groups in total. The van der Waals surface area contributed by atoms with E-state index in [9.17, 15) is 0 Å². The van der Waals surface area contributed by atoms with E-state index in [2.05, 4.69) is 63.6 Å². The minimum atomic E-state index is -1.57. The molecule has 0 radical (unpaired) electrons. The van der Waals surface area contributed by atoms with Gasteiger partial charge in [0.1, 0.15) is 0 Å². The fourth-order valence-electron chi connectivity index (χ4n) is 5.13. The van der Waals surface area contributed by atoms with Gasteiger partial charge in [0.05, 0.1) is 0 Å². The van der Waals surface area contributed by atoms with Crippen LogP contribution in [0.4, 0.5) is 0 Å². The van der Waals surface area contributed by atoms with E-state index < -0.39 is 16.6 Å². The van der Waals surface area contributed by atoms with Crippen LogP contribution in [0.3, 0.4) is 0 Å². The summed E-state index contributed by atoms with van der Waals surface area (Å²) in [4.78, 5) is 0. The van der Waals surface area contributed by atoms with Crippen molar-refractivity contribution < 1.29 is 4.12 Å². The van der Waals surface area contributed by atoms with Gasteiger partial charge in [0.25, 0.3) is 0 Å². The largest absolute Gasteiger partial charge is 0.455 e. The molecule has 0 unspecified atom stereocenters. The molecule has 0 aliphatic rings. The average Bonchev–Trinajstić information content (AvgIpc) is 2.84. The zero-order chi connectivity index (χ0) is 27.5. The highest BCUT2D eigenvalue weighted by atomic mass is 32.2. The van der Waals surface area contributed by atoms with Crippen LogP contribution in [0.2, 0.25) is 38.3 Å². The van der Waals surface area contributed by atoms with E-state index in [1.807, 2.05) is 0 Å². The zero-order valence-electron chi connectivity index (χ0n) is 26.6. The van der Waals surface area contributed by atoms with Crippen LogP contribution in [-0.4, -0.2) is 39.6 Å². The Bertz CT molecular complexity index is 427. The van der Waals surface area contributed by atoms with Crippen LogP contribution in [0.1, 0.15) is 142 Å². The fourth-order valence-corrected chi connectivity index (χ4v) is 17.9. The van der Waals surface area contributed by atoms with Gasteiger partial charge in [-0.05, 0) is 74.1 Å². The van der Waals surface area contributed by atoms with Gasteiger partial charge in [-0.1, -0.05) is 129 Å². The second-order valence-electron chi connectivity index (χ2n) is 12.8. The lowest BCUT2D eigenvalue weighted by molar-refractivity contribution is 0.542. The molecular weight excluding hydrogens is 521 g/mol. The third kappa shape index (κ3) is 29.9. The highest BCUT2D eigenvalue weighted by Gasteiger charge is 2.33. The van der Waals surface area contributed by atoms with Gasteiger partial charge in [-0.3, -0.25) is 0 Å². The number of hydrogen-bond acceptors (Lipinski definition) is 3. The molecule has 0 aliphatic heterocycles. The Labute approximate surface area is 246 Å². The predicted octanol–water partition coefficient (Wildman–Crippen LogP) is 12.7. The highest BCUT2D eigenvalue weighted by molar-refractivity contribution is 7.99. The van der Waals surface area contributed by atoms with Crippen LogP contribution in [-0.2, 0) is 4.12 Å². The molecule has 0 aromatic carbocycles. The van der Waals surface area contributed by atoms with Gasteiger partial charge in [-0.15, -0.1) is 0 Å². The van der Waals surface area contributed by atoms with Gasteiger partial charge in [-0.2, -0.15) is 23.5 Å². The number of rotatable bonds is 30. The van der Waals surface area contributed by atoms with E-state index in [1.165, 1.54) is 164 Å². The first-order chi connectivity index (χ1) is 17.8. The summed E-state index contributed by atoms with van der Waals surface area (Å²) < 4.78 is 6.89. The van der Waals surface area contributed by atoms with Gasteiger partial charge in [0, 0.05) is 0 Å². The Kier molecular flexibility index (Phi) is 28.1. The van der Waals surface area contributed by atoms with Crippen molar-refractivity contribution in [3.8, 4) is 0 Å². The fraction of sp³-hybridized carbons (Fsp3) is 1.00. The monoisotopic (exact) mass is 590 g/mol. The van der Waals surface area contributed by atoms with E-state index in [1.54, 1.807) is 0 Å². The molecule has 0 fully saturated rings. The lowest BCUT2D eigenvalue weighted by atomic mass is 10.1. The van der Waals surface area contributed by atoms with Gasteiger partial charge in [-0.25, -0.2) is 0 Å². The molecule has 0 rings (SSSR count). The Morgan fingerprint density at radius 3 is 1.00 bits per heavy atom. The summed E-state index contributed by atoms with van der Waals surface area (Å²) in [7, 11) is -3.02. The van der Waals surface area contributed by atoms with Crippen LogP contribution in [0, 0.1) is 0 Å². The molecule has 0 atom stereocenters. The van der Waals surface area contributed by atoms with Crippen molar-refractivity contribution in [3.63, 3.8) is 0 Å². The SMILES string of the molecule is CCCCCCCCCCCCSCC[Si](C)(CCSCCCCCCCCCCCC)O[Si](C)(C)C. The van der Waals surface area contributed by atoms with Crippen molar-refractivity contribution in [1.82, 2.24) is 0 Å². The molecule has 0 aromatic rings. The first-order valence-electron chi connectivity index (χ1n) is 16.7. The standard InChI is InChI=1S/C32H70OS2Si2/c1-7-9-11-13-15-17-19-21-23-25-27-34-29-31-37(6,33-36(3,4)5)32-30-35-28-26-24-22-20-18-16-14-12-10-8-2/h7-32H2,1-6H3. The third-order valence-electron chi connectivity index (χ3n) is 7.39. The van der Waals surface area contributed by atoms with Crippen LogP contribution < -0.4 is 0 Å². The van der Waals surface area contributed by atoms with Crippen LogP contribution in [0.5, 0.6) is 0 Å². The molecule has 0 saturated carbocycles. The normalized spacial score (nSPS) is 12.5. The maximum absolute atomic E-state index is 6.89. The molecular formula is C32H70OS2Si2. The minimum absolute atomic E-state index is 1.33. The summed E-state index contributed by atoms with van der Waals surface area (Å²) in [5.74, 6) is 5.38. The lowest BCUT2D eigenvalue weighted by Crippen LogP contribution is -2.45. The molecule has 0 aromatic heterocycles. The molecule has 0 spiro atoms. The van der Waals surface area contributed by atoms with Gasteiger partial charge in [0.2, 0.25) is 0 Å². The first-order valence-corrected chi connectivity index (χ1v) is 25.2. The Hall–Kier alpha value is 1.09. The van der Waals surface area contributed by atoms with Crippen molar-refractivity contribution >= 4 is 40.2 Å². The third-order valence-corrected chi connectivity index (χ3v) is 17.3. The second kappa shape index (κ2) is 27.3. The number of hydrogen-bond donors (Lipinski definition) is 0. The topological polar surface area (TPSA) is 9.23 Å². The van der Waals surface area contributed by atoms with E-state index in [0.717, 1.165) is 0 Å². The molecule has 224 valence electrons. The van der Waals surface area contributed by atoms with Crippen molar-refractivity contribution in [1.29, 1.82) is 0 Å². The van der Waals surface area contributed by atoms with E-state index in [4.69, 9.17) is 4.12 Å². The molecule has 1 nitrogen and oxygen atoms in total. The second-order valence-corrected chi connectivity index (χ2v) is 24.1. The molecule has 0 amide bonds. The summed E-state index contributed by atoms with van der Waals surface area (Å²) >= 11 is 4.42. The molecule has 0 saturated heterocycles. The van der Waals surface area contributed by atoms with Crippen LogP contribution >= 0.6 is 23.5 Å². The first kappa shape index (κ1) is 38.1.